The first kappa shape index (κ1) is 15.0. The highest BCUT2D eigenvalue weighted by atomic mass is 35.5. The van der Waals surface area contributed by atoms with Crippen LogP contribution in [0, 0.1) is 0 Å². The lowest BCUT2D eigenvalue weighted by atomic mass is 9.80. The zero-order valence-corrected chi connectivity index (χ0v) is 12.7. The van der Waals surface area contributed by atoms with Crippen LogP contribution in [0.4, 0.5) is 4.79 Å². The molecule has 2 nitrogen and oxygen atoms in total. The largest absolute Gasteiger partial charge is 0.414 e. The van der Waals surface area contributed by atoms with E-state index >= 15 is 0 Å². The highest BCUT2D eigenvalue weighted by Crippen LogP contribution is 2.35. The van der Waals surface area contributed by atoms with Crippen molar-refractivity contribution in [3.8, 4) is 5.75 Å². The molecule has 0 aromatic heterocycles. The van der Waals surface area contributed by atoms with Gasteiger partial charge in [0.2, 0.25) is 0 Å². The van der Waals surface area contributed by atoms with Crippen LogP contribution in [0.5, 0.6) is 5.75 Å². The summed E-state index contributed by atoms with van der Waals surface area (Å²) < 4.78 is 5.07. The second-order valence-electron chi connectivity index (χ2n) is 6.55. The summed E-state index contributed by atoms with van der Waals surface area (Å²) in [6, 6.07) is 5.89. The normalized spacial score (nSPS) is 12.4. The molecule has 0 aliphatic rings. The molecule has 0 fully saturated rings. The molecule has 0 atom stereocenters. The first-order valence-electron chi connectivity index (χ1n) is 6.04. The second-order valence-corrected chi connectivity index (χ2v) is 6.86. The number of halogens is 1. The second kappa shape index (κ2) is 4.93. The molecule has 1 aromatic rings. The van der Waals surface area contributed by atoms with Gasteiger partial charge in [0.1, 0.15) is 5.75 Å². The van der Waals surface area contributed by atoms with Crippen molar-refractivity contribution >= 4 is 17.0 Å². The van der Waals surface area contributed by atoms with Gasteiger partial charge in [0.15, 0.2) is 0 Å². The molecular formula is C15H21ClO2. The fourth-order valence-corrected chi connectivity index (χ4v) is 1.84. The third kappa shape index (κ3) is 3.74. The summed E-state index contributed by atoms with van der Waals surface area (Å²) in [5, 5.41) is 0. The maximum Gasteiger partial charge on any atom is 0.409 e. The summed E-state index contributed by atoms with van der Waals surface area (Å²) >= 11 is 5.30. The van der Waals surface area contributed by atoms with Crippen LogP contribution in [0.25, 0.3) is 0 Å². The predicted octanol–water partition coefficient (Wildman–Crippen LogP) is 5.02. The molecule has 0 unspecified atom stereocenters. The van der Waals surface area contributed by atoms with Crippen LogP contribution in [0.3, 0.4) is 0 Å². The van der Waals surface area contributed by atoms with E-state index in [-0.39, 0.29) is 10.8 Å². The van der Waals surface area contributed by atoms with Crippen molar-refractivity contribution in [3.05, 3.63) is 29.3 Å². The molecule has 0 radical (unpaired) electrons. The molecular weight excluding hydrogens is 248 g/mol. The molecule has 0 aliphatic carbocycles. The molecule has 0 aliphatic heterocycles. The lowest BCUT2D eigenvalue weighted by Crippen LogP contribution is -2.18. The Morgan fingerprint density at radius 2 is 1.61 bits per heavy atom. The number of hydrogen-bond acceptors (Lipinski definition) is 2. The fraction of sp³-hybridized carbons (Fsp3) is 0.533. The summed E-state index contributed by atoms with van der Waals surface area (Å²) in [6.07, 6.45) is 0. The Labute approximate surface area is 114 Å². The molecule has 0 N–H and O–H groups in total. The van der Waals surface area contributed by atoms with Gasteiger partial charge in [-0.3, -0.25) is 0 Å². The molecule has 0 bridgehead atoms. The van der Waals surface area contributed by atoms with Crippen LogP contribution in [0.2, 0.25) is 0 Å². The number of carbonyl (C=O) groups excluding carboxylic acids is 1. The Balaban J connectivity index is 3.34. The van der Waals surface area contributed by atoms with E-state index < -0.39 is 5.43 Å². The van der Waals surface area contributed by atoms with Crippen molar-refractivity contribution in [2.24, 2.45) is 0 Å². The van der Waals surface area contributed by atoms with Crippen molar-refractivity contribution in [1.29, 1.82) is 0 Å². The van der Waals surface area contributed by atoms with Gasteiger partial charge in [0.05, 0.1) is 0 Å². The highest BCUT2D eigenvalue weighted by molar-refractivity contribution is 6.61. The van der Waals surface area contributed by atoms with Gasteiger partial charge in [-0.2, -0.15) is 0 Å². The third-order valence-corrected chi connectivity index (χ3v) is 2.92. The Hall–Kier alpha value is -1.02. The van der Waals surface area contributed by atoms with Crippen molar-refractivity contribution in [3.63, 3.8) is 0 Å². The zero-order valence-electron chi connectivity index (χ0n) is 11.9. The maximum atomic E-state index is 10.9. The minimum atomic E-state index is -0.802. The molecule has 0 spiro atoms. The minimum absolute atomic E-state index is 0.0590. The Bertz CT molecular complexity index is 451. The number of benzene rings is 1. The molecule has 0 amide bonds. The van der Waals surface area contributed by atoms with Crippen LogP contribution in [0.15, 0.2) is 18.2 Å². The monoisotopic (exact) mass is 268 g/mol. The fourth-order valence-electron chi connectivity index (χ4n) is 1.76. The van der Waals surface area contributed by atoms with E-state index in [0.717, 1.165) is 5.56 Å². The molecule has 0 saturated heterocycles. The van der Waals surface area contributed by atoms with Gasteiger partial charge in [-0.05, 0) is 22.5 Å². The SMILES string of the molecule is CC(C)(C)c1ccc(OC(=O)Cl)c(C(C)(C)C)c1. The number of carbonyl (C=O) groups is 1. The average molecular weight is 269 g/mol. The standard InChI is InChI=1S/C15H21ClO2/c1-14(2,3)10-7-8-12(18-13(16)17)11(9-10)15(4,5)6/h7-9H,1-6H3. The van der Waals surface area contributed by atoms with Gasteiger partial charge in [-0.25, -0.2) is 4.79 Å². The molecule has 0 heterocycles. The maximum absolute atomic E-state index is 10.9. The first-order chi connectivity index (χ1) is 8.01. The third-order valence-electron chi connectivity index (χ3n) is 2.84. The quantitative estimate of drug-likeness (QED) is 0.669. The van der Waals surface area contributed by atoms with Gasteiger partial charge in [-0.15, -0.1) is 0 Å². The van der Waals surface area contributed by atoms with Crippen molar-refractivity contribution in [2.45, 2.75) is 52.4 Å². The summed E-state index contributed by atoms with van der Waals surface area (Å²) in [5.41, 5.74) is 1.35. The smallest absolute Gasteiger partial charge is 0.409 e. The van der Waals surface area contributed by atoms with Crippen molar-refractivity contribution in [1.82, 2.24) is 0 Å². The minimum Gasteiger partial charge on any atom is -0.414 e. The van der Waals surface area contributed by atoms with E-state index in [1.165, 1.54) is 5.56 Å². The van der Waals surface area contributed by atoms with E-state index in [1.54, 1.807) is 0 Å². The Morgan fingerprint density at radius 1 is 1.06 bits per heavy atom. The van der Waals surface area contributed by atoms with Crippen LogP contribution in [-0.2, 0) is 10.8 Å². The molecule has 18 heavy (non-hydrogen) atoms. The lowest BCUT2D eigenvalue weighted by Gasteiger charge is -2.26. The average Bonchev–Trinajstić information content (AvgIpc) is 2.13. The predicted molar refractivity (Wildman–Crippen MR) is 75.7 cm³/mol. The van der Waals surface area contributed by atoms with E-state index in [4.69, 9.17) is 16.3 Å². The van der Waals surface area contributed by atoms with Gasteiger partial charge in [0, 0.05) is 17.2 Å². The number of ether oxygens (including phenoxy) is 1. The number of rotatable bonds is 1. The molecule has 1 aromatic carbocycles. The molecule has 0 saturated carbocycles. The van der Waals surface area contributed by atoms with E-state index in [2.05, 4.69) is 47.6 Å². The van der Waals surface area contributed by atoms with Crippen molar-refractivity contribution in [2.75, 3.05) is 0 Å². The molecule has 3 heteroatoms. The topological polar surface area (TPSA) is 26.3 Å². The van der Waals surface area contributed by atoms with Crippen LogP contribution in [0.1, 0.15) is 52.7 Å². The Morgan fingerprint density at radius 3 is 2.00 bits per heavy atom. The van der Waals surface area contributed by atoms with E-state index in [0.29, 0.717) is 5.75 Å². The summed E-state index contributed by atoms with van der Waals surface area (Å²) in [5.74, 6) is 0.538. The van der Waals surface area contributed by atoms with E-state index in [9.17, 15) is 4.79 Å². The lowest BCUT2D eigenvalue weighted by molar-refractivity contribution is 0.224. The van der Waals surface area contributed by atoms with Crippen LogP contribution < -0.4 is 4.74 Å². The van der Waals surface area contributed by atoms with Gasteiger partial charge in [-0.1, -0.05) is 53.7 Å². The van der Waals surface area contributed by atoms with Crippen LogP contribution in [-0.4, -0.2) is 5.43 Å². The van der Waals surface area contributed by atoms with Gasteiger partial charge >= 0.3 is 5.43 Å². The summed E-state index contributed by atoms with van der Waals surface area (Å²) in [6.45, 7) is 12.7. The number of hydrogen-bond donors (Lipinski definition) is 0. The van der Waals surface area contributed by atoms with Crippen LogP contribution >= 0.6 is 11.6 Å². The van der Waals surface area contributed by atoms with Crippen molar-refractivity contribution < 1.29 is 9.53 Å². The van der Waals surface area contributed by atoms with E-state index in [1.807, 2.05) is 12.1 Å². The summed E-state index contributed by atoms with van der Waals surface area (Å²) in [7, 11) is 0. The first-order valence-corrected chi connectivity index (χ1v) is 6.42. The Kier molecular flexibility index (Phi) is 4.12. The molecule has 1 rings (SSSR count). The van der Waals surface area contributed by atoms with Gasteiger partial charge in [0.25, 0.3) is 0 Å². The molecule has 100 valence electrons. The highest BCUT2D eigenvalue weighted by Gasteiger charge is 2.23. The summed E-state index contributed by atoms with van der Waals surface area (Å²) in [4.78, 5) is 10.9. The van der Waals surface area contributed by atoms with Gasteiger partial charge < -0.3 is 4.74 Å². The zero-order chi connectivity index (χ0) is 14.1.